The van der Waals surface area contributed by atoms with E-state index in [2.05, 4.69) is 5.32 Å². The lowest BCUT2D eigenvalue weighted by Crippen LogP contribution is -2.47. The number of amides is 1. The molecule has 35 heavy (non-hydrogen) atoms. The Morgan fingerprint density at radius 3 is 1.49 bits per heavy atom. The molecule has 4 aromatic carbocycles. The number of esters is 1. The van der Waals surface area contributed by atoms with Crippen molar-refractivity contribution in [2.45, 2.75) is 11.6 Å². The second-order valence-corrected chi connectivity index (χ2v) is 8.01. The summed E-state index contributed by atoms with van der Waals surface area (Å²) in [6, 6.07) is 37.3. The Kier molecular flexibility index (Phi) is 7.70. The highest BCUT2D eigenvalue weighted by Crippen LogP contribution is 2.40. The quantitative estimate of drug-likeness (QED) is 0.280. The van der Waals surface area contributed by atoms with Gasteiger partial charge in [0, 0.05) is 5.56 Å². The molecule has 0 saturated carbocycles. The standard InChI is InChI=1S/C30H27NO4/c1-34-29(33)27(31-28(32)23-14-6-2-7-15-23)22-35-30(24-16-8-3-9-17-24,25-18-10-4-11-19-25)26-20-12-5-13-21-26/h2-21,27H,22H2,1H3,(H,31,32). The largest absolute Gasteiger partial charge is 0.467 e. The van der Waals surface area contributed by atoms with Crippen molar-refractivity contribution in [1.82, 2.24) is 5.32 Å². The number of carbonyl (C=O) groups excluding carboxylic acids is 2. The Bertz CT molecular complexity index is 1130. The Hall–Kier alpha value is -4.22. The maximum absolute atomic E-state index is 12.8. The van der Waals surface area contributed by atoms with E-state index in [1.165, 1.54) is 7.11 Å². The Labute approximate surface area is 205 Å². The van der Waals surface area contributed by atoms with E-state index < -0.39 is 17.6 Å². The number of hydrogen-bond acceptors (Lipinski definition) is 4. The molecular formula is C30H27NO4. The average Bonchev–Trinajstić information content (AvgIpc) is 2.94. The van der Waals surface area contributed by atoms with Gasteiger partial charge in [-0.3, -0.25) is 4.79 Å². The van der Waals surface area contributed by atoms with Crippen molar-refractivity contribution in [2.24, 2.45) is 0 Å². The van der Waals surface area contributed by atoms with Gasteiger partial charge in [0.1, 0.15) is 5.60 Å². The number of benzene rings is 4. The van der Waals surface area contributed by atoms with Gasteiger partial charge in [0.05, 0.1) is 13.7 Å². The highest BCUT2D eigenvalue weighted by molar-refractivity contribution is 5.96. The van der Waals surface area contributed by atoms with Gasteiger partial charge in [0.2, 0.25) is 0 Å². The topological polar surface area (TPSA) is 64.6 Å². The van der Waals surface area contributed by atoms with Crippen LogP contribution in [0.5, 0.6) is 0 Å². The number of methoxy groups -OCH3 is 1. The Balaban J connectivity index is 1.75. The SMILES string of the molecule is COC(=O)C(COC(c1ccccc1)(c1ccccc1)c1ccccc1)NC(=O)c1ccccc1. The zero-order valence-electron chi connectivity index (χ0n) is 19.5. The first-order valence-electron chi connectivity index (χ1n) is 11.4. The number of rotatable bonds is 9. The van der Waals surface area contributed by atoms with E-state index in [1.807, 2.05) is 97.1 Å². The Morgan fingerprint density at radius 2 is 1.09 bits per heavy atom. The fourth-order valence-electron chi connectivity index (χ4n) is 4.12. The van der Waals surface area contributed by atoms with Gasteiger partial charge >= 0.3 is 5.97 Å². The first-order valence-corrected chi connectivity index (χ1v) is 11.4. The summed E-state index contributed by atoms with van der Waals surface area (Å²) >= 11 is 0. The van der Waals surface area contributed by atoms with Crippen molar-refractivity contribution in [2.75, 3.05) is 13.7 Å². The van der Waals surface area contributed by atoms with Crippen LogP contribution in [0.3, 0.4) is 0 Å². The van der Waals surface area contributed by atoms with E-state index in [0.717, 1.165) is 16.7 Å². The first kappa shape index (κ1) is 23.9. The van der Waals surface area contributed by atoms with E-state index >= 15 is 0 Å². The molecule has 1 N–H and O–H groups in total. The summed E-state index contributed by atoms with van der Waals surface area (Å²) < 4.78 is 11.7. The van der Waals surface area contributed by atoms with E-state index in [-0.39, 0.29) is 12.5 Å². The van der Waals surface area contributed by atoms with E-state index in [1.54, 1.807) is 24.3 Å². The molecule has 176 valence electrons. The molecule has 0 heterocycles. The molecule has 0 spiro atoms. The van der Waals surface area contributed by atoms with Gasteiger partial charge in [-0.25, -0.2) is 4.79 Å². The van der Waals surface area contributed by atoms with Crippen molar-refractivity contribution >= 4 is 11.9 Å². The van der Waals surface area contributed by atoms with Crippen LogP contribution >= 0.6 is 0 Å². The molecule has 4 aromatic rings. The molecule has 1 unspecified atom stereocenters. The van der Waals surface area contributed by atoms with Crippen molar-refractivity contribution in [3.63, 3.8) is 0 Å². The normalized spacial score (nSPS) is 11.9. The van der Waals surface area contributed by atoms with Crippen LogP contribution in [-0.2, 0) is 19.9 Å². The number of ether oxygens (including phenoxy) is 2. The molecule has 1 amide bonds. The van der Waals surface area contributed by atoms with Crippen LogP contribution in [-0.4, -0.2) is 31.6 Å². The number of hydrogen-bond donors (Lipinski definition) is 1. The molecule has 5 nitrogen and oxygen atoms in total. The minimum Gasteiger partial charge on any atom is -0.467 e. The third-order valence-corrected chi connectivity index (χ3v) is 5.83. The number of nitrogens with one attached hydrogen (secondary N) is 1. The molecule has 0 aliphatic rings. The fourth-order valence-corrected chi connectivity index (χ4v) is 4.12. The lowest BCUT2D eigenvalue weighted by Gasteiger charge is -2.37. The summed E-state index contributed by atoms with van der Waals surface area (Å²) in [7, 11) is 1.29. The van der Waals surface area contributed by atoms with Gasteiger partial charge in [-0.1, -0.05) is 109 Å². The highest BCUT2D eigenvalue weighted by Gasteiger charge is 2.39. The van der Waals surface area contributed by atoms with Gasteiger partial charge < -0.3 is 14.8 Å². The van der Waals surface area contributed by atoms with Crippen molar-refractivity contribution in [1.29, 1.82) is 0 Å². The number of carbonyl (C=O) groups is 2. The third-order valence-electron chi connectivity index (χ3n) is 5.83. The third kappa shape index (κ3) is 5.31. The summed E-state index contributed by atoms with van der Waals surface area (Å²) in [5.74, 6) is -0.966. The average molecular weight is 466 g/mol. The van der Waals surface area contributed by atoms with Crippen LogP contribution in [0, 0.1) is 0 Å². The fraction of sp³-hybridized carbons (Fsp3) is 0.133. The molecule has 1 atom stereocenters. The molecule has 0 fully saturated rings. The van der Waals surface area contributed by atoms with Crippen molar-refractivity contribution < 1.29 is 19.1 Å². The smallest absolute Gasteiger partial charge is 0.330 e. The molecule has 0 aliphatic carbocycles. The van der Waals surface area contributed by atoms with Crippen LogP contribution in [0.15, 0.2) is 121 Å². The summed E-state index contributed by atoms with van der Waals surface area (Å²) in [6.07, 6.45) is 0. The van der Waals surface area contributed by atoms with Crippen LogP contribution < -0.4 is 5.32 Å². The lowest BCUT2D eigenvalue weighted by atomic mass is 9.80. The van der Waals surface area contributed by atoms with Crippen molar-refractivity contribution in [3.05, 3.63) is 144 Å². The molecular weight excluding hydrogens is 438 g/mol. The molecule has 5 heteroatoms. The van der Waals surface area contributed by atoms with Crippen LogP contribution in [0.4, 0.5) is 0 Å². The van der Waals surface area contributed by atoms with Gasteiger partial charge in [-0.05, 0) is 28.8 Å². The van der Waals surface area contributed by atoms with E-state index in [9.17, 15) is 9.59 Å². The van der Waals surface area contributed by atoms with Gasteiger partial charge in [-0.2, -0.15) is 0 Å². The summed E-state index contributed by atoms with van der Waals surface area (Å²) in [5, 5.41) is 2.77. The van der Waals surface area contributed by atoms with Gasteiger partial charge in [0.25, 0.3) is 5.91 Å². The van der Waals surface area contributed by atoms with Gasteiger partial charge in [-0.15, -0.1) is 0 Å². The van der Waals surface area contributed by atoms with Crippen LogP contribution in [0.2, 0.25) is 0 Å². The summed E-state index contributed by atoms with van der Waals surface area (Å²) in [6.45, 7) is -0.107. The predicted octanol–water partition coefficient (Wildman–Crippen LogP) is 4.97. The molecule has 0 aromatic heterocycles. The maximum Gasteiger partial charge on any atom is 0.330 e. The van der Waals surface area contributed by atoms with Crippen LogP contribution in [0.1, 0.15) is 27.0 Å². The minimum atomic E-state index is -1.02. The molecule has 0 bridgehead atoms. The van der Waals surface area contributed by atoms with Crippen molar-refractivity contribution in [3.8, 4) is 0 Å². The zero-order valence-corrected chi connectivity index (χ0v) is 19.5. The molecule has 0 radical (unpaired) electrons. The van der Waals surface area contributed by atoms with Gasteiger partial charge in [0.15, 0.2) is 6.04 Å². The summed E-state index contributed by atoms with van der Waals surface area (Å²) in [4.78, 5) is 25.5. The van der Waals surface area contributed by atoms with E-state index in [0.29, 0.717) is 5.56 Å². The second-order valence-electron chi connectivity index (χ2n) is 8.01. The molecule has 4 rings (SSSR count). The molecule has 0 aliphatic heterocycles. The maximum atomic E-state index is 12.8. The van der Waals surface area contributed by atoms with Crippen LogP contribution in [0.25, 0.3) is 0 Å². The zero-order chi connectivity index (χ0) is 24.5. The molecule has 0 saturated heterocycles. The second kappa shape index (κ2) is 11.3. The monoisotopic (exact) mass is 465 g/mol. The van der Waals surface area contributed by atoms with E-state index in [4.69, 9.17) is 9.47 Å². The predicted molar refractivity (Wildman–Crippen MR) is 135 cm³/mol. The minimum absolute atomic E-state index is 0.107. The summed E-state index contributed by atoms with van der Waals surface area (Å²) in [5.41, 5.74) is 2.12. The first-order chi connectivity index (χ1) is 17.1. The highest BCUT2D eigenvalue weighted by atomic mass is 16.5. The lowest BCUT2D eigenvalue weighted by molar-refractivity contribution is -0.145. The Morgan fingerprint density at radius 1 is 0.686 bits per heavy atom.